The van der Waals surface area contributed by atoms with Gasteiger partial charge in [-0.2, -0.15) is 0 Å². The lowest BCUT2D eigenvalue weighted by molar-refractivity contribution is 0.136. The predicted octanol–water partition coefficient (Wildman–Crippen LogP) is 2.52. The van der Waals surface area contributed by atoms with E-state index in [1.165, 1.54) is 0 Å². The molecular formula is C13H27NO4Si. The maximum atomic E-state index is 11.4. The number of epoxide rings is 1. The Labute approximate surface area is 117 Å². The SMILES string of the molecule is CCO[Si](CC)(CC)CCCNC(=O)OCC1CO1. The second kappa shape index (κ2) is 8.55. The van der Waals surface area contributed by atoms with Gasteiger partial charge in [0.1, 0.15) is 12.7 Å². The average Bonchev–Trinajstić information content (AvgIpc) is 3.24. The third-order valence-corrected chi connectivity index (χ3v) is 8.36. The first kappa shape index (κ1) is 16.5. The summed E-state index contributed by atoms with van der Waals surface area (Å²) in [5, 5.41) is 2.78. The molecule has 0 radical (unpaired) electrons. The molecule has 1 unspecified atom stereocenters. The summed E-state index contributed by atoms with van der Waals surface area (Å²) in [6.07, 6.45) is 0.749. The zero-order valence-electron chi connectivity index (χ0n) is 12.4. The largest absolute Gasteiger partial charge is 0.447 e. The molecular weight excluding hydrogens is 262 g/mol. The van der Waals surface area contributed by atoms with Crippen LogP contribution in [0.5, 0.6) is 0 Å². The van der Waals surface area contributed by atoms with E-state index in [1.54, 1.807) is 0 Å². The van der Waals surface area contributed by atoms with E-state index in [9.17, 15) is 4.79 Å². The van der Waals surface area contributed by atoms with Gasteiger partial charge in [-0.1, -0.05) is 13.8 Å². The van der Waals surface area contributed by atoms with Crippen LogP contribution < -0.4 is 5.32 Å². The quantitative estimate of drug-likeness (QED) is 0.381. The molecule has 1 aliphatic rings. The number of ether oxygens (including phenoxy) is 2. The zero-order valence-corrected chi connectivity index (χ0v) is 13.4. The smallest absolute Gasteiger partial charge is 0.407 e. The molecule has 0 aromatic rings. The van der Waals surface area contributed by atoms with Crippen LogP contribution in [0.25, 0.3) is 0 Å². The van der Waals surface area contributed by atoms with Gasteiger partial charge in [-0.15, -0.1) is 0 Å². The highest BCUT2D eigenvalue weighted by Crippen LogP contribution is 2.23. The highest BCUT2D eigenvalue weighted by atomic mass is 28.4. The lowest BCUT2D eigenvalue weighted by Crippen LogP contribution is -2.37. The van der Waals surface area contributed by atoms with Crippen molar-refractivity contribution in [2.75, 3.05) is 26.4 Å². The molecule has 0 spiro atoms. The maximum Gasteiger partial charge on any atom is 0.407 e. The molecule has 1 atom stereocenters. The van der Waals surface area contributed by atoms with Crippen LogP contribution in [-0.4, -0.2) is 46.9 Å². The number of amides is 1. The molecule has 112 valence electrons. The summed E-state index contributed by atoms with van der Waals surface area (Å²) in [4.78, 5) is 11.4. The number of hydrogen-bond donors (Lipinski definition) is 1. The minimum absolute atomic E-state index is 0.129. The van der Waals surface area contributed by atoms with Crippen molar-refractivity contribution in [2.24, 2.45) is 0 Å². The second-order valence-electron chi connectivity index (χ2n) is 4.91. The van der Waals surface area contributed by atoms with Crippen molar-refractivity contribution in [1.29, 1.82) is 0 Å². The molecule has 6 heteroatoms. The molecule has 1 saturated heterocycles. The third kappa shape index (κ3) is 6.40. The van der Waals surface area contributed by atoms with Crippen LogP contribution >= 0.6 is 0 Å². The highest BCUT2D eigenvalue weighted by molar-refractivity contribution is 6.73. The first-order valence-corrected chi connectivity index (χ1v) is 9.85. The van der Waals surface area contributed by atoms with Gasteiger partial charge < -0.3 is 19.2 Å². The Bertz CT molecular complexity index is 267. The normalized spacial score (nSPS) is 18.2. The van der Waals surface area contributed by atoms with Crippen LogP contribution in [0.2, 0.25) is 18.1 Å². The van der Waals surface area contributed by atoms with Crippen LogP contribution in [-0.2, 0) is 13.9 Å². The monoisotopic (exact) mass is 289 g/mol. The minimum atomic E-state index is -1.55. The maximum absolute atomic E-state index is 11.4. The molecule has 1 amide bonds. The van der Waals surface area contributed by atoms with Crippen molar-refractivity contribution in [3.63, 3.8) is 0 Å². The van der Waals surface area contributed by atoms with Crippen molar-refractivity contribution in [2.45, 2.75) is 51.4 Å². The molecule has 1 aliphatic heterocycles. The van der Waals surface area contributed by atoms with Gasteiger partial charge in [-0.3, -0.25) is 0 Å². The Morgan fingerprint density at radius 3 is 2.58 bits per heavy atom. The number of rotatable bonds is 10. The summed E-state index contributed by atoms with van der Waals surface area (Å²) >= 11 is 0. The third-order valence-electron chi connectivity index (χ3n) is 3.62. The van der Waals surface area contributed by atoms with Crippen LogP contribution in [0, 0.1) is 0 Å². The molecule has 1 rings (SSSR count). The number of carbonyl (C=O) groups is 1. The Balaban J connectivity index is 2.11. The standard InChI is InChI=1S/C13H27NO4Si/c1-4-18-19(5-2,6-3)9-7-8-14-13(15)17-11-12-10-16-12/h12H,4-11H2,1-3H3,(H,14,15). The molecule has 1 N–H and O–H groups in total. The fraction of sp³-hybridized carbons (Fsp3) is 0.923. The van der Waals surface area contributed by atoms with Crippen molar-refractivity contribution in [3.8, 4) is 0 Å². The van der Waals surface area contributed by atoms with E-state index in [0.29, 0.717) is 19.8 Å². The van der Waals surface area contributed by atoms with Crippen LogP contribution in [0.15, 0.2) is 0 Å². The summed E-state index contributed by atoms with van der Waals surface area (Å²) in [7, 11) is -1.55. The highest BCUT2D eigenvalue weighted by Gasteiger charge is 2.29. The van der Waals surface area contributed by atoms with Crippen molar-refractivity contribution >= 4 is 14.4 Å². The zero-order chi connectivity index (χ0) is 14.1. The molecule has 1 heterocycles. The number of carbonyl (C=O) groups excluding carboxylic acids is 1. The Kier molecular flexibility index (Phi) is 7.41. The fourth-order valence-corrected chi connectivity index (χ4v) is 5.36. The van der Waals surface area contributed by atoms with E-state index in [1.807, 2.05) is 0 Å². The lowest BCUT2D eigenvalue weighted by Gasteiger charge is -2.28. The van der Waals surface area contributed by atoms with Gasteiger partial charge in [0.25, 0.3) is 0 Å². The van der Waals surface area contributed by atoms with Crippen LogP contribution in [0.4, 0.5) is 4.79 Å². The van der Waals surface area contributed by atoms with Gasteiger partial charge in [-0.25, -0.2) is 4.79 Å². The van der Waals surface area contributed by atoms with E-state index in [0.717, 1.165) is 31.2 Å². The van der Waals surface area contributed by atoms with Gasteiger partial charge in [0.05, 0.1) is 6.61 Å². The molecule has 0 aromatic heterocycles. The van der Waals surface area contributed by atoms with Crippen molar-refractivity contribution < 1.29 is 18.7 Å². The van der Waals surface area contributed by atoms with Gasteiger partial charge >= 0.3 is 6.09 Å². The minimum Gasteiger partial charge on any atom is -0.447 e. The average molecular weight is 289 g/mol. The topological polar surface area (TPSA) is 60.1 Å². The Morgan fingerprint density at radius 2 is 2.05 bits per heavy atom. The number of hydrogen-bond acceptors (Lipinski definition) is 4. The summed E-state index contributed by atoms with van der Waals surface area (Å²) in [5.41, 5.74) is 0. The summed E-state index contributed by atoms with van der Waals surface area (Å²) in [6, 6.07) is 3.38. The van der Waals surface area contributed by atoms with Gasteiger partial charge in [0.15, 0.2) is 8.32 Å². The molecule has 1 fully saturated rings. The Hall–Kier alpha value is -0.593. The van der Waals surface area contributed by atoms with E-state index in [2.05, 4.69) is 26.1 Å². The molecule has 0 aliphatic carbocycles. The Morgan fingerprint density at radius 1 is 1.37 bits per heavy atom. The van der Waals surface area contributed by atoms with Gasteiger partial charge in [-0.05, 0) is 31.5 Å². The van der Waals surface area contributed by atoms with Crippen molar-refractivity contribution in [3.05, 3.63) is 0 Å². The van der Waals surface area contributed by atoms with Gasteiger partial charge in [0, 0.05) is 13.2 Å². The number of alkyl carbamates (subject to hydrolysis) is 1. The molecule has 0 bridgehead atoms. The van der Waals surface area contributed by atoms with E-state index in [4.69, 9.17) is 13.9 Å². The van der Waals surface area contributed by atoms with Crippen molar-refractivity contribution in [1.82, 2.24) is 5.32 Å². The fourth-order valence-electron chi connectivity index (χ4n) is 2.17. The van der Waals surface area contributed by atoms with Crippen LogP contribution in [0.3, 0.4) is 0 Å². The van der Waals surface area contributed by atoms with E-state index < -0.39 is 8.32 Å². The van der Waals surface area contributed by atoms with E-state index >= 15 is 0 Å². The molecule has 5 nitrogen and oxygen atoms in total. The predicted molar refractivity (Wildman–Crippen MR) is 76.9 cm³/mol. The van der Waals surface area contributed by atoms with Crippen LogP contribution in [0.1, 0.15) is 27.2 Å². The van der Waals surface area contributed by atoms with Gasteiger partial charge in [0.2, 0.25) is 0 Å². The summed E-state index contributed by atoms with van der Waals surface area (Å²) < 4.78 is 16.0. The number of nitrogens with one attached hydrogen (secondary N) is 1. The summed E-state index contributed by atoms with van der Waals surface area (Å²) in [6.45, 7) is 9.02. The first-order valence-electron chi connectivity index (χ1n) is 7.32. The first-order chi connectivity index (χ1) is 9.15. The summed E-state index contributed by atoms with van der Waals surface area (Å²) in [5.74, 6) is 0. The van der Waals surface area contributed by atoms with E-state index in [-0.39, 0.29) is 12.2 Å². The second-order valence-corrected chi connectivity index (χ2v) is 9.48. The molecule has 0 aromatic carbocycles. The molecule has 19 heavy (non-hydrogen) atoms. The molecule has 0 saturated carbocycles. The lowest BCUT2D eigenvalue weighted by atomic mass is 10.5.